The lowest BCUT2D eigenvalue weighted by Gasteiger charge is -2.05. The van der Waals surface area contributed by atoms with Crippen molar-refractivity contribution in [3.05, 3.63) is 52.6 Å². The molecule has 0 saturated heterocycles. The molecular weight excluding hydrogens is 280 g/mol. The Morgan fingerprint density at radius 3 is 2.76 bits per heavy atom. The van der Waals surface area contributed by atoms with Gasteiger partial charge in [0, 0.05) is 16.7 Å². The van der Waals surface area contributed by atoms with Gasteiger partial charge in [-0.05, 0) is 36.7 Å². The second kappa shape index (κ2) is 5.80. The first kappa shape index (κ1) is 12.1. The fourth-order valence-electron chi connectivity index (χ4n) is 1.44. The lowest BCUT2D eigenvalue weighted by atomic mass is 10.2. The molecule has 1 aromatic heterocycles. The summed E-state index contributed by atoms with van der Waals surface area (Å²) in [6, 6.07) is 11.5. The molecule has 0 aliphatic carbocycles. The predicted molar refractivity (Wildman–Crippen MR) is 71.2 cm³/mol. The molecule has 0 spiro atoms. The Labute approximate surface area is 109 Å². The fraction of sp³-hybridized carbons (Fsp3) is 0.154. The molecule has 3 nitrogen and oxygen atoms in total. The molecule has 1 aromatic carbocycles. The van der Waals surface area contributed by atoms with E-state index in [0.717, 1.165) is 22.2 Å². The lowest BCUT2D eigenvalue weighted by molar-refractivity contribution is 0.462. The number of hydrogen-bond donors (Lipinski definition) is 1. The van der Waals surface area contributed by atoms with Crippen LogP contribution < -0.4 is 10.5 Å². The summed E-state index contributed by atoms with van der Waals surface area (Å²) in [5, 5.41) is 0. The number of nitrogens with two attached hydrogens (primary N) is 1. The van der Waals surface area contributed by atoms with E-state index >= 15 is 0 Å². The highest BCUT2D eigenvalue weighted by atomic mass is 79.9. The standard InChI is InChI=1S/C13H13BrN2O/c14-11-2-1-3-12(8-11)17-13-5-4-10(6-7-15)9-16-13/h1-5,8-9H,6-7,15H2. The van der Waals surface area contributed by atoms with Gasteiger partial charge in [-0.15, -0.1) is 0 Å². The van der Waals surface area contributed by atoms with Crippen molar-refractivity contribution in [2.45, 2.75) is 6.42 Å². The van der Waals surface area contributed by atoms with Crippen molar-refractivity contribution in [2.24, 2.45) is 5.73 Å². The van der Waals surface area contributed by atoms with Crippen molar-refractivity contribution in [3.63, 3.8) is 0 Å². The van der Waals surface area contributed by atoms with Gasteiger partial charge in [-0.2, -0.15) is 0 Å². The molecule has 0 aliphatic heterocycles. The SMILES string of the molecule is NCCc1ccc(Oc2cccc(Br)c2)nc1. The number of rotatable bonds is 4. The Kier molecular flexibility index (Phi) is 4.12. The van der Waals surface area contributed by atoms with Crippen LogP contribution in [0.3, 0.4) is 0 Å². The van der Waals surface area contributed by atoms with Crippen molar-refractivity contribution in [3.8, 4) is 11.6 Å². The number of aromatic nitrogens is 1. The van der Waals surface area contributed by atoms with E-state index in [1.54, 1.807) is 6.20 Å². The van der Waals surface area contributed by atoms with Crippen LogP contribution in [-0.2, 0) is 6.42 Å². The van der Waals surface area contributed by atoms with Crippen LogP contribution in [0.25, 0.3) is 0 Å². The van der Waals surface area contributed by atoms with Crippen LogP contribution in [0.4, 0.5) is 0 Å². The first-order valence-electron chi connectivity index (χ1n) is 5.36. The van der Waals surface area contributed by atoms with E-state index in [1.807, 2.05) is 36.4 Å². The Balaban J connectivity index is 2.08. The van der Waals surface area contributed by atoms with Gasteiger partial charge in [0.2, 0.25) is 5.88 Å². The van der Waals surface area contributed by atoms with E-state index in [0.29, 0.717) is 12.4 Å². The van der Waals surface area contributed by atoms with E-state index in [9.17, 15) is 0 Å². The second-order valence-corrected chi connectivity index (χ2v) is 4.52. The van der Waals surface area contributed by atoms with Crippen molar-refractivity contribution < 1.29 is 4.74 Å². The molecule has 88 valence electrons. The summed E-state index contributed by atoms with van der Waals surface area (Å²) < 4.78 is 6.60. The van der Waals surface area contributed by atoms with E-state index in [2.05, 4.69) is 20.9 Å². The van der Waals surface area contributed by atoms with Gasteiger partial charge in [-0.1, -0.05) is 28.1 Å². The van der Waals surface area contributed by atoms with Gasteiger partial charge in [-0.25, -0.2) is 4.98 Å². The summed E-state index contributed by atoms with van der Waals surface area (Å²) in [5.41, 5.74) is 6.59. The van der Waals surface area contributed by atoms with Crippen LogP contribution >= 0.6 is 15.9 Å². The zero-order chi connectivity index (χ0) is 12.1. The van der Waals surface area contributed by atoms with Crippen molar-refractivity contribution in [1.82, 2.24) is 4.98 Å². The average molecular weight is 293 g/mol. The lowest BCUT2D eigenvalue weighted by Crippen LogP contribution is -2.02. The Bertz CT molecular complexity index is 485. The molecule has 0 amide bonds. The minimum atomic E-state index is 0.587. The van der Waals surface area contributed by atoms with Gasteiger partial charge < -0.3 is 10.5 Å². The van der Waals surface area contributed by atoms with Crippen LogP contribution in [0.5, 0.6) is 11.6 Å². The average Bonchev–Trinajstić information content (AvgIpc) is 2.32. The molecule has 0 radical (unpaired) electrons. The van der Waals surface area contributed by atoms with Crippen LogP contribution in [0.1, 0.15) is 5.56 Å². The summed E-state index contributed by atoms with van der Waals surface area (Å²) in [5.74, 6) is 1.35. The molecule has 1 heterocycles. The highest BCUT2D eigenvalue weighted by Crippen LogP contribution is 2.22. The Morgan fingerprint density at radius 1 is 1.24 bits per heavy atom. The Morgan fingerprint density at radius 2 is 2.12 bits per heavy atom. The molecule has 0 aliphatic rings. The summed E-state index contributed by atoms with van der Waals surface area (Å²) >= 11 is 3.39. The second-order valence-electron chi connectivity index (χ2n) is 3.60. The van der Waals surface area contributed by atoms with Crippen molar-refractivity contribution in [1.29, 1.82) is 0 Å². The number of benzene rings is 1. The molecule has 2 rings (SSSR count). The van der Waals surface area contributed by atoms with Gasteiger partial charge in [0.1, 0.15) is 5.75 Å². The van der Waals surface area contributed by atoms with Crippen LogP contribution in [-0.4, -0.2) is 11.5 Å². The number of nitrogens with zero attached hydrogens (tertiary/aromatic N) is 1. The number of halogens is 1. The molecule has 0 unspecified atom stereocenters. The van der Waals surface area contributed by atoms with Gasteiger partial charge in [0.25, 0.3) is 0 Å². The van der Waals surface area contributed by atoms with Crippen LogP contribution in [0.15, 0.2) is 47.1 Å². The number of pyridine rings is 1. The highest BCUT2D eigenvalue weighted by Gasteiger charge is 1.99. The summed E-state index contributed by atoms with van der Waals surface area (Å²) in [6.07, 6.45) is 2.63. The monoisotopic (exact) mass is 292 g/mol. The fourth-order valence-corrected chi connectivity index (χ4v) is 1.82. The zero-order valence-corrected chi connectivity index (χ0v) is 10.9. The van der Waals surface area contributed by atoms with Gasteiger partial charge in [0.15, 0.2) is 0 Å². The van der Waals surface area contributed by atoms with Crippen molar-refractivity contribution in [2.75, 3.05) is 6.54 Å². The minimum Gasteiger partial charge on any atom is -0.439 e. The van der Waals surface area contributed by atoms with Gasteiger partial charge >= 0.3 is 0 Å². The van der Waals surface area contributed by atoms with Crippen LogP contribution in [0, 0.1) is 0 Å². The van der Waals surface area contributed by atoms with Crippen LogP contribution in [0.2, 0.25) is 0 Å². The molecule has 0 saturated carbocycles. The maximum absolute atomic E-state index is 5.62. The molecule has 2 aromatic rings. The third-order valence-corrected chi connectivity index (χ3v) is 2.74. The number of ether oxygens (including phenoxy) is 1. The molecule has 0 bridgehead atoms. The van der Waals surface area contributed by atoms with E-state index in [1.165, 1.54) is 0 Å². The van der Waals surface area contributed by atoms with Gasteiger partial charge in [-0.3, -0.25) is 0 Å². The minimum absolute atomic E-state index is 0.587. The molecule has 4 heteroatoms. The zero-order valence-electron chi connectivity index (χ0n) is 9.27. The van der Waals surface area contributed by atoms with Crippen molar-refractivity contribution >= 4 is 15.9 Å². The summed E-state index contributed by atoms with van der Waals surface area (Å²) in [7, 11) is 0. The summed E-state index contributed by atoms with van der Waals surface area (Å²) in [4.78, 5) is 4.23. The largest absolute Gasteiger partial charge is 0.439 e. The van der Waals surface area contributed by atoms with E-state index < -0.39 is 0 Å². The maximum Gasteiger partial charge on any atom is 0.219 e. The first-order valence-corrected chi connectivity index (χ1v) is 6.15. The quantitative estimate of drug-likeness (QED) is 0.942. The number of hydrogen-bond acceptors (Lipinski definition) is 3. The van der Waals surface area contributed by atoms with E-state index in [-0.39, 0.29) is 0 Å². The highest BCUT2D eigenvalue weighted by molar-refractivity contribution is 9.10. The molecule has 17 heavy (non-hydrogen) atoms. The molecule has 0 atom stereocenters. The normalized spacial score (nSPS) is 10.2. The molecule has 0 fully saturated rings. The predicted octanol–water partition coefficient (Wildman–Crippen LogP) is 3.14. The van der Waals surface area contributed by atoms with E-state index in [4.69, 9.17) is 10.5 Å². The Hall–Kier alpha value is -1.39. The maximum atomic E-state index is 5.62. The third kappa shape index (κ3) is 3.54. The topological polar surface area (TPSA) is 48.1 Å². The van der Waals surface area contributed by atoms with Gasteiger partial charge in [0.05, 0.1) is 0 Å². The first-order chi connectivity index (χ1) is 8.28. The smallest absolute Gasteiger partial charge is 0.219 e. The third-order valence-electron chi connectivity index (χ3n) is 2.25. The molecular formula is C13H13BrN2O. The molecule has 2 N–H and O–H groups in total. The summed E-state index contributed by atoms with van der Waals surface area (Å²) in [6.45, 7) is 0.632.